The number of nitrogens with zero attached hydrogens (tertiary/aromatic N) is 2. The second-order valence-corrected chi connectivity index (χ2v) is 7.20. The first-order chi connectivity index (χ1) is 15.1. The third-order valence-corrected chi connectivity index (χ3v) is 5.05. The van der Waals surface area contributed by atoms with E-state index >= 15 is 0 Å². The molecule has 0 bridgehead atoms. The Bertz CT molecular complexity index is 1070. The Morgan fingerprint density at radius 1 is 1.16 bits per heavy atom. The number of carbonyl (C=O) groups excluding carboxylic acids is 1. The molecule has 0 spiro atoms. The van der Waals surface area contributed by atoms with Gasteiger partial charge in [0, 0.05) is 31.9 Å². The molecule has 0 saturated carbocycles. The SMILES string of the molecule is COc1ccc(C(NC(=O)/C=C/c2ccc3c(c2)OCCCO3)c2nccn2C)cc1. The third kappa shape index (κ3) is 4.88. The number of aromatic nitrogens is 2. The van der Waals surface area contributed by atoms with Gasteiger partial charge in [0.1, 0.15) is 17.6 Å². The van der Waals surface area contributed by atoms with Crippen LogP contribution in [0.3, 0.4) is 0 Å². The van der Waals surface area contributed by atoms with Gasteiger partial charge in [0.05, 0.1) is 20.3 Å². The van der Waals surface area contributed by atoms with Gasteiger partial charge in [0.2, 0.25) is 5.91 Å². The lowest BCUT2D eigenvalue weighted by Gasteiger charge is -2.18. The summed E-state index contributed by atoms with van der Waals surface area (Å²) in [6.45, 7) is 1.26. The molecule has 1 aliphatic heterocycles. The maximum Gasteiger partial charge on any atom is 0.244 e. The number of aryl methyl sites for hydroxylation is 1. The average Bonchev–Trinajstić information content (AvgIpc) is 3.08. The molecule has 1 aliphatic rings. The molecule has 1 aromatic heterocycles. The predicted molar refractivity (Wildman–Crippen MR) is 117 cm³/mol. The fourth-order valence-electron chi connectivity index (χ4n) is 3.39. The van der Waals surface area contributed by atoms with Crippen LogP contribution in [0.15, 0.2) is 60.9 Å². The molecule has 1 unspecified atom stereocenters. The summed E-state index contributed by atoms with van der Waals surface area (Å²) < 4.78 is 18.5. The molecule has 3 aromatic rings. The molecule has 4 rings (SSSR count). The Kier molecular flexibility index (Phi) is 6.21. The van der Waals surface area contributed by atoms with Gasteiger partial charge in [0.25, 0.3) is 0 Å². The zero-order valence-electron chi connectivity index (χ0n) is 17.6. The van der Waals surface area contributed by atoms with Crippen LogP contribution in [0.4, 0.5) is 0 Å². The van der Waals surface area contributed by atoms with E-state index in [1.165, 1.54) is 6.08 Å². The number of methoxy groups -OCH3 is 1. The second-order valence-electron chi connectivity index (χ2n) is 7.20. The van der Waals surface area contributed by atoms with Gasteiger partial charge in [-0.1, -0.05) is 18.2 Å². The largest absolute Gasteiger partial charge is 0.497 e. The number of fused-ring (bicyclic) bond motifs is 1. The minimum Gasteiger partial charge on any atom is -0.497 e. The maximum absolute atomic E-state index is 12.8. The number of hydrogen-bond donors (Lipinski definition) is 1. The summed E-state index contributed by atoms with van der Waals surface area (Å²) in [4.78, 5) is 17.2. The van der Waals surface area contributed by atoms with E-state index < -0.39 is 6.04 Å². The average molecular weight is 419 g/mol. The summed E-state index contributed by atoms with van der Waals surface area (Å²) >= 11 is 0. The quantitative estimate of drug-likeness (QED) is 0.619. The number of nitrogens with one attached hydrogen (secondary N) is 1. The van der Waals surface area contributed by atoms with E-state index in [0.717, 1.165) is 34.9 Å². The van der Waals surface area contributed by atoms with Crippen LogP contribution in [0.1, 0.15) is 29.4 Å². The van der Waals surface area contributed by atoms with Crippen LogP contribution in [-0.4, -0.2) is 35.8 Å². The number of carbonyl (C=O) groups is 1. The van der Waals surface area contributed by atoms with Crippen molar-refractivity contribution in [2.24, 2.45) is 7.05 Å². The Hall–Kier alpha value is -3.74. The van der Waals surface area contributed by atoms with Crippen LogP contribution >= 0.6 is 0 Å². The maximum atomic E-state index is 12.8. The summed E-state index contributed by atoms with van der Waals surface area (Å²) in [6.07, 6.45) is 7.69. The number of ether oxygens (including phenoxy) is 3. The molecule has 0 fully saturated rings. The molecular weight excluding hydrogens is 394 g/mol. The van der Waals surface area contributed by atoms with E-state index in [1.807, 2.05) is 60.3 Å². The first kappa shape index (κ1) is 20.5. The van der Waals surface area contributed by atoms with Crippen molar-refractivity contribution in [2.75, 3.05) is 20.3 Å². The Balaban J connectivity index is 1.52. The van der Waals surface area contributed by atoms with Gasteiger partial charge in [-0.2, -0.15) is 0 Å². The molecular formula is C24H25N3O4. The van der Waals surface area contributed by atoms with Crippen molar-refractivity contribution in [2.45, 2.75) is 12.5 Å². The molecule has 2 heterocycles. The normalized spacial score (nSPS) is 14.1. The summed E-state index contributed by atoms with van der Waals surface area (Å²) in [7, 11) is 3.52. The van der Waals surface area contributed by atoms with Crippen LogP contribution in [-0.2, 0) is 11.8 Å². The highest BCUT2D eigenvalue weighted by Crippen LogP contribution is 2.31. The summed E-state index contributed by atoms with van der Waals surface area (Å²) in [5.74, 6) is 2.69. The van der Waals surface area contributed by atoms with Gasteiger partial charge in [-0.25, -0.2) is 4.98 Å². The van der Waals surface area contributed by atoms with Crippen LogP contribution in [0.25, 0.3) is 6.08 Å². The van der Waals surface area contributed by atoms with Crippen molar-refractivity contribution < 1.29 is 19.0 Å². The Labute approximate surface area is 181 Å². The van der Waals surface area contributed by atoms with Crippen molar-refractivity contribution in [1.29, 1.82) is 0 Å². The van der Waals surface area contributed by atoms with Crippen LogP contribution in [0.5, 0.6) is 17.2 Å². The lowest BCUT2D eigenvalue weighted by molar-refractivity contribution is -0.117. The van der Waals surface area contributed by atoms with Crippen LogP contribution in [0.2, 0.25) is 0 Å². The number of amides is 1. The number of rotatable bonds is 6. The number of benzene rings is 2. The highest BCUT2D eigenvalue weighted by molar-refractivity contribution is 5.92. The third-order valence-electron chi connectivity index (χ3n) is 5.05. The lowest BCUT2D eigenvalue weighted by atomic mass is 10.1. The van der Waals surface area contributed by atoms with Crippen molar-refractivity contribution in [3.8, 4) is 17.2 Å². The molecule has 1 atom stereocenters. The number of hydrogen-bond acceptors (Lipinski definition) is 5. The van der Waals surface area contributed by atoms with Gasteiger partial charge in [-0.3, -0.25) is 4.79 Å². The molecule has 2 aromatic carbocycles. The van der Waals surface area contributed by atoms with Gasteiger partial charge in [-0.05, 0) is 41.5 Å². The van der Waals surface area contributed by atoms with E-state index in [0.29, 0.717) is 19.0 Å². The molecule has 0 aliphatic carbocycles. The van der Waals surface area contributed by atoms with Crippen molar-refractivity contribution in [3.63, 3.8) is 0 Å². The summed E-state index contributed by atoms with van der Waals surface area (Å²) in [5, 5.41) is 3.05. The first-order valence-corrected chi connectivity index (χ1v) is 10.1. The van der Waals surface area contributed by atoms with Crippen molar-refractivity contribution in [1.82, 2.24) is 14.9 Å². The predicted octanol–water partition coefficient (Wildman–Crippen LogP) is 3.51. The molecule has 1 amide bonds. The van der Waals surface area contributed by atoms with Gasteiger partial charge < -0.3 is 24.1 Å². The minimum absolute atomic E-state index is 0.226. The number of imidazole rings is 1. The molecule has 1 N–H and O–H groups in total. The van der Waals surface area contributed by atoms with E-state index in [4.69, 9.17) is 14.2 Å². The highest BCUT2D eigenvalue weighted by Gasteiger charge is 2.20. The van der Waals surface area contributed by atoms with E-state index in [1.54, 1.807) is 19.4 Å². The van der Waals surface area contributed by atoms with Gasteiger partial charge >= 0.3 is 0 Å². The highest BCUT2D eigenvalue weighted by atomic mass is 16.5. The van der Waals surface area contributed by atoms with Crippen molar-refractivity contribution in [3.05, 3.63) is 77.9 Å². The first-order valence-electron chi connectivity index (χ1n) is 10.1. The summed E-state index contributed by atoms with van der Waals surface area (Å²) in [5.41, 5.74) is 1.77. The fraction of sp³-hybridized carbons (Fsp3) is 0.250. The second kappa shape index (κ2) is 9.38. The minimum atomic E-state index is -0.396. The van der Waals surface area contributed by atoms with Crippen LogP contribution in [0, 0.1) is 0 Å². The van der Waals surface area contributed by atoms with E-state index in [9.17, 15) is 4.79 Å². The van der Waals surface area contributed by atoms with E-state index in [-0.39, 0.29) is 5.91 Å². The molecule has 31 heavy (non-hydrogen) atoms. The Morgan fingerprint density at radius 3 is 2.65 bits per heavy atom. The molecule has 0 saturated heterocycles. The molecule has 7 heteroatoms. The monoisotopic (exact) mass is 419 g/mol. The molecule has 7 nitrogen and oxygen atoms in total. The lowest BCUT2D eigenvalue weighted by Crippen LogP contribution is -2.29. The van der Waals surface area contributed by atoms with Crippen LogP contribution < -0.4 is 19.5 Å². The van der Waals surface area contributed by atoms with Gasteiger partial charge in [0.15, 0.2) is 11.5 Å². The molecule has 160 valence electrons. The van der Waals surface area contributed by atoms with E-state index in [2.05, 4.69) is 10.3 Å². The van der Waals surface area contributed by atoms with Crippen molar-refractivity contribution >= 4 is 12.0 Å². The van der Waals surface area contributed by atoms with Gasteiger partial charge in [-0.15, -0.1) is 0 Å². The zero-order chi connectivity index (χ0) is 21.6. The topological polar surface area (TPSA) is 74.6 Å². The standard InChI is InChI=1S/C24H25N3O4/c1-27-13-12-25-24(27)23(18-6-8-19(29-2)9-7-18)26-22(28)11-5-17-4-10-20-21(16-17)31-15-3-14-30-20/h4-13,16,23H,3,14-15H2,1-2H3,(H,26,28)/b11-5+. The summed E-state index contributed by atoms with van der Waals surface area (Å²) in [6, 6.07) is 12.8. The molecule has 0 radical (unpaired) electrons. The Morgan fingerprint density at radius 2 is 1.94 bits per heavy atom. The smallest absolute Gasteiger partial charge is 0.244 e. The fourth-order valence-corrected chi connectivity index (χ4v) is 3.39. The zero-order valence-corrected chi connectivity index (χ0v) is 17.6.